The highest BCUT2D eigenvalue weighted by Gasteiger charge is 2.37. The molecule has 0 radical (unpaired) electrons. The number of amides is 2. The monoisotopic (exact) mass is 437 g/mol. The maximum absolute atomic E-state index is 13.1. The molecule has 1 saturated heterocycles. The molecular weight excluding hydrogens is 402 g/mol. The third kappa shape index (κ3) is 5.97. The van der Waals surface area contributed by atoms with Crippen LogP contribution in [0.2, 0.25) is 0 Å². The fraction of sp³-hybridized carbons (Fsp3) is 0.560. The SMILES string of the molecule is Cc1ccc([C@@H]2CC2NCCCC[C@H](NC(=O)c2cnc[nH]2)C(=O)N2CCCCC2)cc1. The Bertz CT molecular complexity index is 874. The molecule has 7 nitrogen and oxygen atoms in total. The van der Waals surface area contributed by atoms with Gasteiger partial charge in [-0.25, -0.2) is 4.98 Å². The molecule has 32 heavy (non-hydrogen) atoms. The van der Waals surface area contributed by atoms with Crippen LogP contribution in [0.4, 0.5) is 0 Å². The molecule has 172 valence electrons. The van der Waals surface area contributed by atoms with Crippen LogP contribution in [0.15, 0.2) is 36.8 Å². The molecular formula is C25H35N5O2. The van der Waals surface area contributed by atoms with Crippen LogP contribution in [0.1, 0.15) is 72.5 Å². The van der Waals surface area contributed by atoms with Gasteiger partial charge in [0.05, 0.1) is 12.5 Å². The van der Waals surface area contributed by atoms with Crippen molar-refractivity contribution < 1.29 is 9.59 Å². The van der Waals surface area contributed by atoms with Crippen molar-refractivity contribution in [3.8, 4) is 0 Å². The average Bonchev–Trinajstić information content (AvgIpc) is 3.36. The van der Waals surface area contributed by atoms with Crippen LogP contribution in [0, 0.1) is 6.92 Å². The Morgan fingerprint density at radius 3 is 2.66 bits per heavy atom. The fourth-order valence-electron chi connectivity index (χ4n) is 4.57. The summed E-state index contributed by atoms with van der Waals surface area (Å²) in [5.41, 5.74) is 3.10. The maximum atomic E-state index is 13.1. The summed E-state index contributed by atoms with van der Waals surface area (Å²) in [6, 6.07) is 8.92. The van der Waals surface area contributed by atoms with Gasteiger partial charge >= 0.3 is 0 Å². The summed E-state index contributed by atoms with van der Waals surface area (Å²) < 4.78 is 0. The van der Waals surface area contributed by atoms with Crippen molar-refractivity contribution in [3.05, 3.63) is 53.6 Å². The molecule has 0 bridgehead atoms. The van der Waals surface area contributed by atoms with Crippen molar-refractivity contribution in [1.29, 1.82) is 0 Å². The van der Waals surface area contributed by atoms with E-state index in [9.17, 15) is 9.59 Å². The van der Waals surface area contributed by atoms with Gasteiger partial charge in [-0.05, 0) is 64.0 Å². The second-order valence-electron chi connectivity index (χ2n) is 9.19. The zero-order valence-electron chi connectivity index (χ0n) is 19.0. The van der Waals surface area contributed by atoms with Crippen LogP contribution >= 0.6 is 0 Å². The van der Waals surface area contributed by atoms with Gasteiger partial charge in [0.2, 0.25) is 5.91 Å². The van der Waals surface area contributed by atoms with Gasteiger partial charge in [0.15, 0.2) is 0 Å². The van der Waals surface area contributed by atoms with Gasteiger partial charge in [0, 0.05) is 25.0 Å². The molecule has 1 unspecified atom stereocenters. The summed E-state index contributed by atoms with van der Waals surface area (Å²) in [4.78, 5) is 34.2. The predicted molar refractivity (Wildman–Crippen MR) is 124 cm³/mol. The van der Waals surface area contributed by atoms with E-state index in [1.807, 2.05) is 4.90 Å². The normalized spacial score (nSPS) is 21.2. The number of imidazole rings is 1. The Balaban J connectivity index is 1.22. The number of carbonyl (C=O) groups is 2. The average molecular weight is 438 g/mol. The Morgan fingerprint density at radius 1 is 1.16 bits per heavy atom. The standard InChI is InChI=1S/C25H35N5O2/c1-18-8-10-19(11-9-18)20-15-22(20)27-12-4-3-7-21(25(32)30-13-5-2-6-14-30)29-24(31)23-16-26-17-28-23/h8-11,16-17,20-22,27H,2-7,12-15H2,1H3,(H,26,28)(H,29,31)/t20-,21-,22?/m0/s1. The van der Waals surface area contributed by atoms with E-state index in [-0.39, 0.29) is 11.8 Å². The molecule has 1 aromatic carbocycles. The number of aryl methyl sites for hydroxylation is 1. The number of aromatic nitrogens is 2. The second kappa shape index (κ2) is 10.8. The van der Waals surface area contributed by atoms with Crippen LogP contribution in [0.25, 0.3) is 0 Å². The Hall–Kier alpha value is -2.67. The van der Waals surface area contributed by atoms with Gasteiger partial charge < -0.3 is 20.5 Å². The Kier molecular flexibility index (Phi) is 7.58. The highest BCUT2D eigenvalue weighted by molar-refractivity contribution is 5.95. The number of hydrogen-bond acceptors (Lipinski definition) is 4. The number of nitrogens with zero attached hydrogens (tertiary/aromatic N) is 2. The highest BCUT2D eigenvalue weighted by atomic mass is 16.2. The number of benzene rings is 1. The van der Waals surface area contributed by atoms with Crippen molar-refractivity contribution in [2.75, 3.05) is 19.6 Å². The summed E-state index contributed by atoms with van der Waals surface area (Å²) in [6.45, 7) is 4.64. The molecule has 7 heteroatoms. The number of likely N-dealkylation sites (tertiary alicyclic amines) is 1. The molecule has 2 aromatic rings. The summed E-state index contributed by atoms with van der Waals surface area (Å²) in [5.74, 6) is 0.403. The van der Waals surface area contributed by atoms with Gasteiger partial charge in [0.25, 0.3) is 5.91 Å². The molecule has 1 aromatic heterocycles. The maximum Gasteiger partial charge on any atom is 0.269 e. The van der Waals surface area contributed by atoms with Gasteiger partial charge in [-0.3, -0.25) is 9.59 Å². The first-order chi connectivity index (χ1) is 15.6. The van der Waals surface area contributed by atoms with Crippen LogP contribution in [0.3, 0.4) is 0 Å². The van der Waals surface area contributed by atoms with E-state index in [0.29, 0.717) is 24.1 Å². The first-order valence-electron chi connectivity index (χ1n) is 12.0. The number of nitrogens with one attached hydrogen (secondary N) is 3. The molecule has 3 N–H and O–H groups in total. The minimum absolute atomic E-state index is 0.0483. The number of aromatic amines is 1. The number of unbranched alkanes of at least 4 members (excludes halogenated alkanes) is 1. The number of carbonyl (C=O) groups excluding carboxylic acids is 2. The molecule has 1 aliphatic heterocycles. The third-order valence-electron chi connectivity index (χ3n) is 6.64. The molecule has 2 amide bonds. The fourth-order valence-corrected chi connectivity index (χ4v) is 4.57. The smallest absolute Gasteiger partial charge is 0.269 e. The quantitative estimate of drug-likeness (QED) is 0.498. The lowest BCUT2D eigenvalue weighted by atomic mass is 10.0. The zero-order chi connectivity index (χ0) is 22.3. The first-order valence-corrected chi connectivity index (χ1v) is 12.0. The molecule has 3 atom stereocenters. The minimum Gasteiger partial charge on any atom is -0.341 e. The predicted octanol–water partition coefficient (Wildman–Crippen LogP) is 3.15. The number of piperidine rings is 1. The largest absolute Gasteiger partial charge is 0.341 e. The van der Waals surface area contributed by atoms with Gasteiger partial charge in [-0.2, -0.15) is 0 Å². The number of hydrogen-bond donors (Lipinski definition) is 3. The highest BCUT2D eigenvalue weighted by Crippen LogP contribution is 2.40. The summed E-state index contributed by atoms with van der Waals surface area (Å²) in [5, 5.41) is 6.59. The number of H-pyrrole nitrogens is 1. The lowest BCUT2D eigenvalue weighted by Gasteiger charge is -2.30. The zero-order valence-corrected chi connectivity index (χ0v) is 19.0. The molecule has 4 rings (SSSR count). The number of rotatable bonds is 10. The van der Waals surface area contributed by atoms with Crippen LogP contribution < -0.4 is 10.6 Å². The Morgan fingerprint density at radius 2 is 1.94 bits per heavy atom. The molecule has 1 saturated carbocycles. The lowest BCUT2D eigenvalue weighted by molar-refractivity contribution is -0.134. The van der Waals surface area contributed by atoms with Crippen molar-refractivity contribution >= 4 is 11.8 Å². The van der Waals surface area contributed by atoms with Crippen LogP contribution in [-0.2, 0) is 4.79 Å². The van der Waals surface area contributed by atoms with E-state index in [4.69, 9.17) is 0 Å². The molecule has 2 aliphatic rings. The summed E-state index contributed by atoms with van der Waals surface area (Å²) in [6.07, 6.45) is 9.95. The van der Waals surface area contributed by atoms with E-state index in [0.717, 1.165) is 45.3 Å². The van der Waals surface area contributed by atoms with Gasteiger partial charge in [-0.15, -0.1) is 0 Å². The van der Waals surface area contributed by atoms with E-state index in [2.05, 4.69) is 51.8 Å². The van der Waals surface area contributed by atoms with Crippen molar-refractivity contribution in [2.45, 2.75) is 69.9 Å². The first kappa shape index (κ1) is 22.5. The lowest BCUT2D eigenvalue weighted by Crippen LogP contribution is -2.50. The van der Waals surface area contributed by atoms with E-state index < -0.39 is 6.04 Å². The molecule has 0 spiro atoms. The second-order valence-corrected chi connectivity index (χ2v) is 9.19. The molecule has 2 fully saturated rings. The van der Waals surface area contributed by atoms with E-state index in [1.54, 1.807) is 0 Å². The van der Waals surface area contributed by atoms with E-state index >= 15 is 0 Å². The topological polar surface area (TPSA) is 90.1 Å². The van der Waals surface area contributed by atoms with Crippen LogP contribution in [0.5, 0.6) is 0 Å². The summed E-state index contributed by atoms with van der Waals surface area (Å²) in [7, 11) is 0. The van der Waals surface area contributed by atoms with E-state index in [1.165, 1.54) is 36.5 Å². The summed E-state index contributed by atoms with van der Waals surface area (Å²) >= 11 is 0. The van der Waals surface area contributed by atoms with Crippen molar-refractivity contribution in [2.24, 2.45) is 0 Å². The van der Waals surface area contributed by atoms with Gasteiger partial charge in [-0.1, -0.05) is 29.8 Å². The van der Waals surface area contributed by atoms with Crippen molar-refractivity contribution in [1.82, 2.24) is 25.5 Å². The minimum atomic E-state index is -0.481. The third-order valence-corrected chi connectivity index (χ3v) is 6.64. The van der Waals surface area contributed by atoms with Crippen molar-refractivity contribution in [3.63, 3.8) is 0 Å². The van der Waals surface area contributed by atoms with Crippen LogP contribution in [-0.4, -0.2) is 58.4 Å². The van der Waals surface area contributed by atoms with Gasteiger partial charge in [0.1, 0.15) is 11.7 Å². The molecule has 1 aliphatic carbocycles. The molecule has 2 heterocycles. The Labute approximate surface area is 190 Å².